The predicted octanol–water partition coefficient (Wildman–Crippen LogP) is 4.43. The molecule has 1 heterocycles. The Hall–Kier alpha value is -1.89. The van der Waals surface area contributed by atoms with Crippen molar-refractivity contribution in [2.24, 2.45) is 0 Å². The third kappa shape index (κ3) is 5.33. The summed E-state index contributed by atoms with van der Waals surface area (Å²) in [7, 11) is 0. The molecule has 0 unspecified atom stereocenters. The van der Waals surface area contributed by atoms with E-state index >= 15 is 0 Å². The number of nitrogens with zero attached hydrogens (tertiary/aromatic N) is 1. The van der Waals surface area contributed by atoms with E-state index in [-0.39, 0.29) is 12.3 Å². The monoisotopic (exact) mass is 384 g/mol. The number of carboxylic acids is 1. The van der Waals surface area contributed by atoms with Gasteiger partial charge in [0, 0.05) is 21.0 Å². The van der Waals surface area contributed by atoms with Crippen LogP contribution in [0.4, 0.5) is 5.13 Å². The summed E-state index contributed by atoms with van der Waals surface area (Å²) in [5.41, 5.74) is 1.40. The summed E-state index contributed by atoms with van der Waals surface area (Å²) in [6.07, 6.45) is 3.36. The number of rotatable bonds is 6. The molecule has 0 fully saturated rings. The Labute approximate surface area is 152 Å². The molecule has 1 amide bonds. The van der Waals surface area contributed by atoms with Crippen LogP contribution in [0.25, 0.3) is 6.08 Å². The van der Waals surface area contributed by atoms with Crippen molar-refractivity contribution in [3.05, 3.63) is 50.5 Å². The molecule has 2 rings (SSSR count). The molecule has 5 nitrogen and oxygen atoms in total. The first-order chi connectivity index (χ1) is 11.3. The number of thiazole rings is 1. The number of hydrogen-bond donors (Lipinski definition) is 2. The lowest BCUT2D eigenvalue weighted by atomic mass is 10.2. The maximum atomic E-state index is 12.0. The van der Waals surface area contributed by atoms with Gasteiger partial charge in [-0.3, -0.25) is 14.9 Å². The lowest BCUT2D eigenvalue weighted by Crippen LogP contribution is -2.07. The largest absolute Gasteiger partial charge is 0.481 e. The minimum absolute atomic E-state index is 0.0331. The average molecular weight is 385 g/mol. The molecule has 1 aromatic carbocycles. The maximum Gasteiger partial charge on any atom is 0.303 e. The number of aliphatic carboxylic acids is 1. The van der Waals surface area contributed by atoms with Gasteiger partial charge in [0.2, 0.25) is 5.91 Å². The second kappa shape index (κ2) is 8.28. The zero-order chi connectivity index (χ0) is 17.7. The fourth-order valence-electron chi connectivity index (χ4n) is 1.88. The highest BCUT2D eigenvalue weighted by molar-refractivity contribution is 7.15. The Morgan fingerprint density at radius 1 is 1.38 bits per heavy atom. The quantitative estimate of drug-likeness (QED) is 0.721. The second-order valence-corrected chi connectivity index (χ2v) is 6.84. The third-order valence-electron chi connectivity index (χ3n) is 3.07. The first kappa shape index (κ1) is 18.4. The van der Waals surface area contributed by atoms with E-state index in [1.807, 2.05) is 0 Å². The summed E-state index contributed by atoms with van der Waals surface area (Å²) in [6.45, 7) is 1.78. The van der Waals surface area contributed by atoms with Crippen LogP contribution in [0.3, 0.4) is 0 Å². The molecular formula is C16H14Cl2N2O3S. The van der Waals surface area contributed by atoms with E-state index in [1.54, 1.807) is 31.2 Å². The number of hydrogen-bond acceptors (Lipinski definition) is 4. The number of halogens is 2. The van der Waals surface area contributed by atoms with Gasteiger partial charge < -0.3 is 5.11 Å². The Morgan fingerprint density at radius 2 is 2.12 bits per heavy atom. The van der Waals surface area contributed by atoms with E-state index < -0.39 is 5.97 Å². The van der Waals surface area contributed by atoms with Crippen LogP contribution in [0.15, 0.2) is 24.3 Å². The summed E-state index contributed by atoms with van der Waals surface area (Å²) >= 11 is 13.1. The molecular weight excluding hydrogens is 371 g/mol. The van der Waals surface area contributed by atoms with Crippen LogP contribution in [-0.2, 0) is 16.0 Å². The average Bonchev–Trinajstić information content (AvgIpc) is 2.84. The minimum Gasteiger partial charge on any atom is -0.481 e. The molecule has 0 saturated heterocycles. The summed E-state index contributed by atoms with van der Waals surface area (Å²) < 4.78 is 0. The fraction of sp³-hybridized carbons (Fsp3) is 0.188. The SMILES string of the molecule is Cc1nc(NC(=O)/C=C/c2ccc(Cl)cc2Cl)sc1CCC(=O)O. The second-order valence-electron chi connectivity index (χ2n) is 4.91. The van der Waals surface area contributed by atoms with Gasteiger partial charge in [-0.15, -0.1) is 11.3 Å². The van der Waals surface area contributed by atoms with E-state index in [0.29, 0.717) is 27.2 Å². The molecule has 0 atom stereocenters. The molecule has 0 radical (unpaired) electrons. The van der Waals surface area contributed by atoms with E-state index in [0.717, 1.165) is 10.6 Å². The van der Waals surface area contributed by atoms with Crippen LogP contribution < -0.4 is 5.32 Å². The summed E-state index contributed by atoms with van der Waals surface area (Å²) in [4.78, 5) is 27.7. The molecule has 0 aliphatic heterocycles. The standard InChI is InChI=1S/C16H14Cl2N2O3S/c1-9-13(5-7-15(22)23)24-16(19-9)20-14(21)6-3-10-2-4-11(17)8-12(10)18/h2-4,6,8H,5,7H2,1H3,(H,22,23)(H,19,20,21)/b6-3+. The number of nitrogens with one attached hydrogen (secondary N) is 1. The zero-order valence-corrected chi connectivity index (χ0v) is 15.0. The molecule has 2 N–H and O–H groups in total. The van der Waals surface area contributed by atoms with Crippen molar-refractivity contribution in [2.45, 2.75) is 19.8 Å². The van der Waals surface area contributed by atoms with Gasteiger partial charge >= 0.3 is 5.97 Å². The number of anilines is 1. The molecule has 0 spiro atoms. The minimum atomic E-state index is -0.865. The van der Waals surface area contributed by atoms with Gasteiger partial charge in [-0.25, -0.2) is 4.98 Å². The first-order valence-corrected chi connectivity index (χ1v) is 8.54. The highest BCUT2D eigenvalue weighted by Crippen LogP contribution is 2.24. The Kier molecular flexibility index (Phi) is 6.36. The summed E-state index contributed by atoms with van der Waals surface area (Å²) in [6, 6.07) is 5.00. The number of amides is 1. The normalized spacial score (nSPS) is 11.0. The number of carboxylic acid groups (broad SMARTS) is 1. The number of carbonyl (C=O) groups excluding carboxylic acids is 1. The molecule has 0 aliphatic carbocycles. The van der Waals surface area contributed by atoms with Crippen LogP contribution in [0.2, 0.25) is 10.0 Å². The number of aryl methyl sites for hydroxylation is 2. The van der Waals surface area contributed by atoms with E-state index in [4.69, 9.17) is 28.3 Å². The van der Waals surface area contributed by atoms with Gasteiger partial charge in [-0.2, -0.15) is 0 Å². The van der Waals surface area contributed by atoms with Crippen LogP contribution in [0.1, 0.15) is 22.6 Å². The molecule has 2 aromatic rings. The van der Waals surface area contributed by atoms with Crippen LogP contribution in [-0.4, -0.2) is 22.0 Å². The van der Waals surface area contributed by atoms with Crippen molar-refractivity contribution < 1.29 is 14.7 Å². The Balaban J connectivity index is 2.00. The highest BCUT2D eigenvalue weighted by Gasteiger charge is 2.10. The molecule has 126 valence electrons. The van der Waals surface area contributed by atoms with Crippen molar-refractivity contribution in [3.8, 4) is 0 Å². The van der Waals surface area contributed by atoms with Gasteiger partial charge in [-0.1, -0.05) is 29.3 Å². The number of carbonyl (C=O) groups is 2. The lowest BCUT2D eigenvalue weighted by molar-refractivity contribution is -0.136. The van der Waals surface area contributed by atoms with Crippen LogP contribution >= 0.6 is 34.5 Å². The van der Waals surface area contributed by atoms with Crippen molar-refractivity contribution >= 4 is 57.6 Å². The van der Waals surface area contributed by atoms with Gasteiger partial charge in [0.05, 0.1) is 12.1 Å². The van der Waals surface area contributed by atoms with Crippen molar-refractivity contribution in [1.29, 1.82) is 0 Å². The zero-order valence-electron chi connectivity index (χ0n) is 12.7. The van der Waals surface area contributed by atoms with Gasteiger partial charge in [0.25, 0.3) is 0 Å². The summed E-state index contributed by atoms with van der Waals surface area (Å²) in [5.74, 6) is -1.21. The van der Waals surface area contributed by atoms with E-state index in [2.05, 4.69) is 10.3 Å². The first-order valence-electron chi connectivity index (χ1n) is 6.97. The number of aromatic nitrogens is 1. The highest BCUT2D eigenvalue weighted by atomic mass is 35.5. The molecule has 0 bridgehead atoms. The van der Waals surface area contributed by atoms with Crippen molar-refractivity contribution in [1.82, 2.24) is 4.98 Å². The van der Waals surface area contributed by atoms with Crippen LogP contribution in [0.5, 0.6) is 0 Å². The van der Waals surface area contributed by atoms with Crippen molar-refractivity contribution in [3.63, 3.8) is 0 Å². The molecule has 0 saturated carbocycles. The molecule has 1 aromatic heterocycles. The maximum absolute atomic E-state index is 12.0. The van der Waals surface area contributed by atoms with Gasteiger partial charge in [0.15, 0.2) is 5.13 Å². The van der Waals surface area contributed by atoms with Gasteiger partial charge in [0.1, 0.15) is 0 Å². The van der Waals surface area contributed by atoms with E-state index in [1.165, 1.54) is 17.4 Å². The van der Waals surface area contributed by atoms with Gasteiger partial charge in [-0.05, 0) is 37.1 Å². The van der Waals surface area contributed by atoms with Crippen LogP contribution in [0, 0.1) is 6.92 Å². The number of benzene rings is 1. The molecule has 0 aliphatic rings. The fourth-order valence-corrected chi connectivity index (χ4v) is 3.32. The van der Waals surface area contributed by atoms with E-state index in [9.17, 15) is 9.59 Å². The Morgan fingerprint density at radius 3 is 2.79 bits per heavy atom. The predicted molar refractivity (Wildman–Crippen MR) is 96.9 cm³/mol. The Bertz CT molecular complexity index is 803. The lowest BCUT2D eigenvalue weighted by Gasteiger charge is -1.99. The molecule has 8 heteroatoms. The smallest absolute Gasteiger partial charge is 0.303 e. The summed E-state index contributed by atoms with van der Waals surface area (Å²) in [5, 5.41) is 12.8. The topological polar surface area (TPSA) is 79.3 Å². The molecule has 24 heavy (non-hydrogen) atoms. The third-order valence-corrected chi connectivity index (χ3v) is 4.76. The van der Waals surface area contributed by atoms with Crippen molar-refractivity contribution in [2.75, 3.05) is 5.32 Å².